The predicted octanol–water partition coefficient (Wildman–Crippen LogP) is 0.0251. The van der Waals surface area contributed by atoms with Crippen molar-refractivity contribution in [1.82, 2.24) is 20.5 Å². The second kappa shape index (κ2) is 5.16. The van der Waals surface area contributed by atoms with Crippen LogP contribution in [0.3, 0.4) is 0 Å². The van der Waals surface area contributed by atoms with Gasteiger partial charge in [0.15, 0.2) is 5.82 Å². The van der Waals surface area contributed by atoms with Gasteiger partial charge in [-0.2, -0.15) is 5.10 Å². The maximum absolute atomic E-state index is 11.6. The fourth-order valence-electron chi connectivity index (χ4n) is 1.78. The zero-order valence-electron chi connectivity index (χ0n) is 10.1. The van der Waals surface area contributed by atoms with Crippen LogP contribution in [0.4, 0.5) is 0 Å². The third kappa shape index (κ3) is 3.28. The molecule has 1 aromatic rings. The Kier molecular flexibility index (Phi) is 3.59. The standard InChI is InChI=1S/C11H16N4O3/c1-6-12-8(15-14-6)4-5-9(16)13-10(11(17)18)7-2-3-7/h7,10H,2-5H2,1H3,(H,13,16)(H,17,18)(H,12,14,15)/t10-/m0/s1. The topological polar surface area (TPSA) is 108 Å². The Morgan fingerprint density at radius 3 is 2.78 bits per heavy atom. The lowest BCUT2D eigenvalue weighted by atomic mass is 10.1. The lowest BCUT2D eigenvalue weighted by Gasteiger charge is -2.12. The van der Waals surface area contributed by atoms with E-state index in [-0.39, 0.29) is 18.2 Å². The van der Waals surface area contributed by atoms with Gasteiger partial charge in [0, 0.05) is 12.8 Å². The summed E-state index contributed by atoms with van der Waals surface area (Å²) in [6, 6.07) is -0.744. The van der Waals surface area contributed by atoms with Gasteiger partial charge >= 0.3 is 5.97 Å². The summed E-state index contributed by atoms with van der Waals surface area (Å²) in [5.74, 6) is 0.140. The summed E-state index contributed by atoms with van der Waals surface area (Å²) in [7, 11) is 0. The molecule has 0 saturated heterocycles. The lowest BCUT2D eigenvalue weighted by molar-refractivity contribution is -0.142. The van der Waals surface area contributed by atoms with Crippen LogP contribution in [0, 0.1) is 12.8 Å². The molecule has 7 heteroatoms. The quantitative estimate of drug-likeness (QED) is 0.661. The molecule has 98 valence electrons. The number of carboxylic acids is 1. The summed E-state index contributed by atoms with van der Waals surface area (Å²) < 4.78 is 0. The number of amides is 1. The van der Waals surface area contributed by atoms with Crippen LogP contribution in [0.1, 0.15) is 30.9 Å². The Bertz CT molecular complexity index is 453. The molecule has 0 unspecified atom stereocenters. The molecule has 0 bridgehead atoms. The minimum Gasteiger partial charge on any atom is -0.480 e. The van der Waals surface area contributed by atoms with Crippen LogP contribution in [0.5, 0.6) is 0 Å². The summed E-state index contributed by atoms with van der Waals surface area (Å²) in [6.45, 7) is 1.78. The van der Waals surface area contributed by atoms with Gasteiger partial charge in [0.05, 0.1) is 0 Å². The molecule has 0 aromatic carbocycles. The zero-order chi connectivity index (χ0) is 13.1. The van der Waals surface area contributed by atoms with Crippen molar-refractivity contribution in [3.05, 3.63) is 11.6 Å². The number of carbonyl (C=O) groups excluding carboxylic acids is 1. The van der Waals surface area contributed by atoms with Crippen LogP contribution in [0.25, 0.3) is 0 Å². The number of carbonyl (C=O) groups is 2. The van der Waals surface area contributed by atoms with Crippen molar-refractivity contribution >= 4 is 11.9 Å². The van der Waals surface area contributed by atoms with Gasteiger partial charge in [0.1, 0.15) is 11.9 Å². The van der Waals surface area contributed by atoms with E-state index in [0.717, 1.165) is 12.8 Å². The number of carboxylic acid groups (broad SMARTS) is 1. The summed E-state index contributed by atoms with van der Waals surface area (Å²) in [6.07, 6.45) is 2.36. The molecule has 1 aliphatic rings. The third-order valence-electron chi connectivity index (χ3n) is 2.90. The SMILES string of the molecule is Cc1nc(CCC(=O)N[C@H](C(=O)O)C2CC2)n[nH]1. The van der Waals surface area contributed by atoms with Gasteiger partial charge in [-0.05, 0) is 25.7 Å². The van der Waals surface area contributed by atoms with Gasteiger partial charge in [-0.15, -0.1) is 0 Å². The van der Waals surface area contributed by atoms with E-state index in [1.54, 1.807) is 6.92 Å². The van der Waals surface area contributed by atoms with Gasteiger partial charge in [0.25, 0.3) is 0 Å². The molecule has 1 fully saturated rings. The molecule has 1 atom stereocenters. The monoisotopic (exact) mass is 252 g/mol. The molecule has 0 radical (unpaired) electrons. The molecule has 18 heavy (non-hydrogen) atoms. The number of aromatic amines is 1. The van der Waals surface area contributed by atoms with E-state index in [1.165, 1.54) is 0 Å². The Labute approximate surface area is 104 Å². The molecule has 7 nitrogen and oxygen atoms in total. The summed E-state index contributed by atoms with van der Waals surface area (Å²) in [4.78, 5) is 26.7. The summed E-state index contributed by atoms with van der Waals surface area (Å²) in [5.41, 5.74) is 0. The molecule has 1 amide bonds. The normalized spacial score (nSPS) is 16.3. The van der Waals surface area contributed by atoms with Crippen molar-refractivity contribution in [1.29, 1.82) is 0 Å². The van der Waals surface area contributed by atoms with Crippen LogP contribution in [-0.4, -0.2) is 38.2 Å². The van der Waals surface area contributed by atoms with Crippen LogP contribution in [-0.2, 0) is 16.0 Å². The van der Waals surface area contributed by atoms with Crippen LogP contribution < -0.4 is 5.32 Å². The van der Waals surface area contributed by atoms with Crippen LogP contribution >= 0.6 is 0 Å². The Hall–Kier alpha value is -1.92. The first-order chi connectivity index (χ1) is 8.56. The van der Waals surface area contributed by atoms with Crippen molar-refractivity contribution in [2.24, 2.45) is 5.92 Å². The van der Waals surface area contributed by atoms with Crippen LogP contribution in [0.15, 0.2) is 0 Å². The summed E-state index contributed by atoms with van der Waals surface area (Å²) in [5, 5.41) is 18.1. The highest BCUT2D eigenvalue weighted by Gasteiger charge is 2.37. The fraction of sp³-hybridized carbons (Fsp3) is 0.636. The number of nitrogens with zero attached hydrogens (tertiary/aromatic N) is 2. The van der Waals surface area contributed by atoms with Gasteiger partial charge in [0.2, 0.25) is 5.91 Å². The maximum atomic E-state index is 11.6. The maximum Gasteiger partial charge on any atom is 0.326 e. The highest BCUT2D eigenvalue weighted by molar-refractivity contribution is 5.84. The van der Waals surface area contributed by atoms with Gasteiger partial charge in [-0.25, -0.2) is 9.78 Å². The minimum atomic E-state index is -0.959. The number of hydrogen-bond donors (Lipinski definition) is 3. The lowest BCUT2D eigenvalue weighted by Crippen LogP contribution is -2.42. The van der Waals surface area contributed by atoms with E-state index in [4.69, 9.17) is 5.11 Å². The van der Waals surface area contributed by atoms with Gasteiger partial charge < -0.3 is 10.4 Å². The van der Waals surface area contributed by atoms with Crippen molar-refractivity contribution in [3.63, 3.8) is 0 Å². The first-order valence-electron chi connectivity index (χ1n) is 5.96. The number of H-pyrrole nitrogens is 1. The van der Waals surface area contributed by atoms with Crippen molar-refractivity contribution in [2.45, 2.75) is 38.6 Å². The van der Waals surface area contributed by atoms with E-state index in [0.29, 0.717) is 18.1 Å². The molecule has 3 N–H and O–H groups in total. The number of rotatable bonds is 6. The first-order valence-corrected chi connectivity index (χ1v) is 5.96. The van der Waals surface area contributed by atoms with E-state index in [9.17, 15) is 9.59 Å². The molecule has 0 aliphatic heterocycles. The predicted molar refractivity (Wildman–Crippen MR) is 61.7 cm³/mol. The van der Waals surface area contributed by atoms with E-state index >= 15 is 0 Å². The van der Waals surface area contributed by atoms with Crippen LogP contribution in [0.2, 0.25) is 0 Å². The number of aliphatic carboxylic acids is 1. The fourth-order valence-corrected chi connectivity index (χ4v) is 1.78. The Morgan fingerprint density at radius 2 is 2.28 bits per heavy atom. The van der Waals surface area contributed by atoms with Gasteiger partial charge in [-0.1, -0.05) is 0 Å². The highest BCUT2D eigenvalue weighted by Crippen LogP contribution is 2.32. The Balaban J connectivity index is 1.79. The van der Waals surface area contributed by atoms with E-state index in [2.05, 4.69) is 20.5 Å². The molecule has 1 aromatic heterocycles. The largest absolute Gasteiger partial charge is 0.480 e. The minimum absolute atomic E-state index is 0.0946. The van der Waals surface area contributed by atoms with Crippen molar-refractivity contribution < 1.29 is 14.7 Å². The molecule has 0 spiro atoms. The zero-order valence-corrected chi connectivity index (χ0v) is 10.1. The Morgan fingerprint density at radius 1 is 1.56 bits per heavy atom. The first kappa shape index (κ1) is 12.5. The molecular formula is C11H16N4O3. The number of aromatic nitrogens is 3. The average Bonchev–Trinajstić information content (AvgIpc) is 3.06. The molecule has 2 rings (SSSR count). The molecular weight excluding hydrogens is 236 g/mol. The second-order valence-corrected chi connectivity index (χ2v) is 4.56. The second-order valence-electron chi connectivity index (χ2n) is 4.56. The smallest absolute Gasteiger partial charge is 0.326 e. The molecule has 1 aliphatic carbocycles. The third-order valence-corrected chi connectivity index (χ3v) is 2.90. The van der Waals surface area contributed by atoms with Gasteiger partial charge in [-0.3, -0.25) is 9.89 Å². The number of aryl methyl sites for hydroxylation is 2. The van der Waals surface area contributed by atoms with Crippen molar-refractivity contribution in [2.75, 3.05) is 0 Å². The molecule has 1 saturated carbocycles. The average molecular weight is 252 g/mol. The van der Waals surface area contributed by atoms with Crippen molar-refractivity contribution in [3.8, 4) is 0 Å². The number of hydrogen-bond acceptors (Lipinski definition) is 4. The van der Waals surface area contributed by atoms with E-state index in [1.807, 2.05) is 0 Å². The molecule has 1 heterocycles. The highest BCUT2D eigenvalue weighted by atomic mass is 16.4. The number of nitrogens with one attached hydrogen (secondary N) is 2. The summed E-state index contributed by atoms with van der Waals surface area (Å²) >= 11 is 0. The van der Waals surface area contributed by atoms with E-state index < -0.39 is 12.0 Å².